The minimum Gasteiger partial charge on any atom is -0.319 e. The lowest BCUT2D eigenvalue weighted by molar-refractivity contribution is 0.135. The van der Waals surface area contributed by atoms with Crippen LogP contribution >= 0.6 is 0 Å². The fourth-order valence-electron chi connectivity index (χ4n) is 3.44. The van der Waals surface area contributed by atoms with Crippen molar-refractivity contribution in [3.8, 4) is 5.69 Å². The SMILES string of the molecule is CC(C)N(C(C)C)C1c2ccccc2-n2cccc21. The molecule has 1 aliphatic rings. The van der Waals surface area contributed by atoms with Crippen LogP contribution in [-0.2, 0) is 0 Å². The molecule has 2 heteroatoms. The molecule has 0 bridgehead atoms. The second-order valence-electron chi connectivity index (χ2n) is 5.90. The van der Waals surface area contributed by atoms with Crippen molar-refractivity contribution >= 4 is 0 Å². The molecule has 0 aliphatic carbocycles. The molecule has 0 N–H and O–H groups in total. The summed E-state index contributed by atoms with van der Waals surface area (Å²) in [5.41, 5.74) is 4.16. The fraction of sp³-hybridized carbons (Fsp3) is 0.412. The highest BCUT2D eigenvalue weighted by Crippen LogP contribution is 2.41. The zero-order valence-electron chi connectivity index (χ0n) is 12.2. The van der Waals surface area contributed by atoms with Gasteiger partial charge in [-0.05, 0) is 51.5 Å². The predicted molar refractivity (Wildman–Crippen MR) is 79.7 cm³/mol. The molecule has 0 amide bonds. The van der Waals surface area contributed by atoms with Gasteiger partial charge in [0.1, 0.15) is 0 Å². The first-order chi connectivity index (χ1) is 9.11. The molecule has 1 aromatic heterocycles. The number of hydrogen-bond acceptors (Lipinski definition) is 1. The Balaban J connectivity index is 2.17. The van der Waals surface area contributed by atoms with E-state index in [1.54, 1.807) is 0 Å². The average Bonchev–Trinajstić information content (AvgIpc) is 2.92. The van der Waals surface area contributed by atoms with E-state index in [0.717, 1.165) is 0 Å². The molecular formula is C17H22N2. The molecule has 1 aliphatic heterocycles. The Morgan fingerprint density at radius 1 is 0.947 bits per heavy atom. The number of rotatable bonds is 3. The minimum atomic E-state index is 0.381. The Kier molecular flexibility index (Phi) is 2.98. The van der Waals surface area contributed by atoms with Crippen molar-refractivity contribution in [2.75, 3.05) is 0 Å². The lowest BCUT2D eigenvalue weighted by Gasteiger charge is -2.36. The monoisotopic (exact) mass is 254 g/mol. The van der Waals surface area contributed by atoms with Gasteiger partial charge in [-0.2, -0.15) is 0 Å². The van der Waals surface area contributed by atoms with E-state index in [-0.39, 0.29) is 0 Å². The lowest BCUT2D eigenvalue weighted by Crippen LogP contribution is -2.40. The molecule has 1 aromatic carbocycles. The molecule has 0 fully saturated rings. The van der Waals surface area contributed by atoms with Gasteiger partial charge in [-0.15, -0.1) is 0 Å². The summed E-state index contributed by atoms with van der Waals surface area (Å²) in [7, 11) is 0. The molecule has 0 saturated heterocycles. The van der Waals surface area contributed by atoms with Gasteiger partial charge >= 0.3 is 0 Å². The lowest BCUT2D eigenvalue weighted by atomic mass is 10.0. The van der Waals surface area contributed by atoms with Gasteiger partial charge in [0.15, 0.2) is 0 Å². The Hall–Kier alpha value is -1.54. The van der Waals surface area contributed by atoms with Crippen LogP contribution in [0.3, 0.4) is 0 Å². The zero-order chi connectivity index (χ0) is 13.6. The average molecular weight is 254 g/mol. The highest BCUT2D eigenvalue weighted by atomic mass is 15.2. The van der Waals surface area contributed by atoms with E-state index in [0.29, 0.717) is 18.1 Å². The first-order valence-corrected chi connectivity index (χ1v) is 7.15. The maximum absolute atomic E-state index is 2.59. The van der Waals surface area contributed by atoms with Gasteiger partial charge in [-0.3, -0.25) is 4.90 Å². The van der Waals surface area contributed by atoms with Gasteiger partial charge in [-0.1, -0.05) is 18.2 Å². The molecule has 2 aromatic rings. The van der Waals surface area contributed by atoms with Crippen molar-refractivity contribution in [2.24, 2.45) is 0 Å². The molecule has 19 heavy (non-hydrogen) atoms. The van der Waals surface area contributed by atoms with E-state index in [4.69, 9.17) is 0 Å². The summed E-state index contributed by atoms with van der Waals surface area (Å²) in [6.07, 6.45) is 2.17. The summed E-state index contributed by atoms with van der Waals surface area (Å²) < 4.78 is 2.33. The number of para-hydroxylation sites is 1. The Morgan fingerprint density at radius 3 is 2.32 bits per heavy atom. The second-order valence-corrected chi connectivity index (χ2v) is 5.90. The fourth-order valence-corrected chi connectivity index (χ4v) is 3.44. The van der Waals surface area contributed by atoms with Crippen LogP contribution in [0.5, 0.6) is 0 Å². The van der Waals surface area contributed by atoms with Gasteiger partial charge in [0.2, 0.25) is 0 Å². The molecule has 0 radical (unpaired) electrons. The highest BCUT2D eigenvalue weighted by Gasteiger charge is 2.35. The third-order valence-corrected chi connectivity index (χ3v) is 4.04. The van der Waals surface area contributed by atoms with E-state index in [1.807, 2.05) is 0 Å². The van der Waals surface area contributed by atoms with Gasteiger partial charge < -0.3 is 4.57 Å². The third kappa shape index (κ3) is 1.82. The van der Waals surface area contributed by atoms with E-state index < -0.39 is 0 Å². The van der Waals surface area contributed by atoms with Crippen molar-refractivity contribution in [3.63, 3.8) is 0 Å². The van der Waals surface area contributed by atoms with Crippen molar-refractivity contribution in [1.29, 1.82) is 0 Å². The Bertz CT molecular complexity index is 572. The Morgan fingerprint density at radius 2 is 1.63 bits per heavy atom. The predicted octanol–water partition coefficient (Wildman–Crippen LogP) is 4.00. The summed E-state index contributed by atoms with van der Waals surface area (Å²) in [5, 5.41) is 0. The number of aromatic nitrogens is 1. The topological polar surface area (TPSA) is 8.17 Å². The van der Waals surface area contributed by atoms with Gasteiger partial charge in [-0.25, -0.2) is 0 Å². The van der Waals surface area contributed by atoms with Crippen molar-refractivity contribution in [3.05, 3.63) is 53.9 Å². The maximum atomic E-state index is 2.59. The number of nitrogens with zero attached hydrogens (tertiary/aromatic N) is 2. The summed E-state index contributed by atoms with van der Waals surface area (Å²) in [4.78, 5) is 2.59. The molecule has 2 nitrogen and oxygen atoms in total. The third-order valence-electron chi connectivity index (χ3n) is 4.04. The van der Waals surface area contributed by atoms with Crippen molar-refractivity contribution in [1.82, 2.24) is 9.47 Å². The van der Waals surface area contributed by atoms with Crippen LogP contribution in [-0.4, -0.2) is 21.6 Å². The minimum absolute atomic E-state index is 0.381. The second kappa shape index (κ2) is 4.53. The van der Waals surface area contributed by atoms with Crippen LogP contribution in [0.15, 0.2) is 42.6 Å². The normalized spacial score (nSPS) is 17.3. The molecule has 3 rings (SSSR count). The van der Waals surface area contributed by atoms with E-state index >= 15 is 0 Å². The zero-order valence-corrected chi connectivity index (χ0v) is 12.2. The summed E-state index contributed by atoms with van der Waals surface area (Å²) in [5.74, 6) is 0. The van der Waals surface area contributed by atoms with E-state index in [1.165, 1.54) is 16.9 Å². The van der Waals surface area contributed by atoms with Crippen LogP contribution in [0.2, 0.25) is 0 Å². The van der Waals surface area contributed by atoms with Crippen LogP contribution in [0.4, 0.5) is 0 Å². The van der Waals surface area contributed by atoms with Crippen LogP contribution in [0.25, 0.3) is 5.69 Å². The smallest absolute Gasteiger partial charge is 0.0784 e. The van der Waals surface area contributed by atoms with Crippen molar-refractivity contribution < 1.29 is 0 Å². The first-order valence-electron chi connectivity index (χ1n) is 7.15. The van der Waals surface area contributed by atoms with E-state index in [2.05, 4.69) is 79.8 Å². The van der Waals surface area contributed by atoms with Crippen LogP contribution in [0.1, 0.15) is 45.0 Å². The number of fused-ring (bicyclic) bond motifs is 3. The number of hydrogen-bond donors (Lipinski definition) is 0. The number of benzene rings is 1. The highest BCUT2D eigenvalue weighted by molar-refractivity contribution is 5.53. The molecule has 1 atom stereocenters. The summed E-state index contributed by atoms with van der Waals surface area (Å²) in [6.45, 7) is 9.14. The van der Waals surface area contributed by atoms with Gasteiger partial charge in [0, 0.05) is 24.0 Å². The first kappa shape index (κ1) is 12.5. The molecule has 100 valence electrons. The Labute approximate surface area is 115 Å². The summed E-state index contributed by atoms with van der Waals surface area (Å²) in [6, 6.07) is 14.6. The molecule has 0 saturated carbocycles. The van der Waals surface area contributed by atoms with Gasteiger partial charge in [0.25, 0.3) is 0 Å². The van der Waals surface area contributed by atoms with Gasteiger partial charge in [0.05, 0.1) is 11.7 Å². The quantitative estimate of drug-likeness (QED) is 0.803. The summed E-state index contributed by atoms with van der Waals surface area (Å²) >= 11 is 0. The largest absolute Gasteiger partial charge is 0.319 e. The van der Waals surface area contributed by atoms with Crippen molar-refractivity contribution in [2.45, 2.75) is 45.8 Å². The maximum Gasteiger partial charge on any atom is 0.0784 e. The molecular weight excluding hydrogens is 232 g/mol. The molecule has 0 spiro atoms. The van der Waals surface area contributed by atoms with Crippen LogP contribution < -0.4 is 0 Å². The standard InChI is InChI=1S/C17H22N2/c1-12(2)19(13(3)4)17-14-8-5-6-9-15(14)18-11-7-10-16(17)18/h5-13,17H,1-4H3. The molecule has 2 heterocycles. The van der Waals surface area contributed by atoms with Crippen LogP contribution in [0, 0.1) is 0 Å². The molecule has 1 unspecified atom stereocenters. The van der Waals surface area contributed by atoms with E-state index in [9.17, 15) is 0 Å².